The summed E-state index contributed by atoms with van der Waals surface area (Å²) >= 11 is 1.64. The van der Waals surface area contributed by atoms with Gasteiger partial charge in [-0.05, 0) is 18.6 Å². The van der Waals surface area contributed by atoms with Crippen LogP contribution in [0.3, 0.4) is 0 Å². The number of rotatable bonds is 2. The Labute approximate surface area is 104 Å². The first-order valence-electron chi connectivity index (χ1n) is 5.69. The van der Waals surface area contributed by atoms with Crippen LogP contribution in [0, 0.1) is 0 Å². The lowest BCUT2D eigenvalue weighted by Crippen LogP contribution is -2.21. The molecular formula is C13H13NO2S. The van der Waals surface area contributed by atoms with Crippen LogP contribution in [0.1, 0.15) is 23.7 Å². The van der Waals surface area contributed by atoms with E-state index in [0.29, 0.717) is 6.61 Å². The SMILES string of the molecule is CCc1csc(C2COc3ccccc3O2)n1. The van der Waals surface area contributed by atoms with Crippen molar-refractivity contribution >= 4 is 11.3 Å². The van der Waals surface area contributed by atoms with Crippen LogP contribution in [-0.4, -0.2) is 11.6 Å². The lowest BCUT2D eigenvalue weighted by Gasteiger charge is -2.24. The first-order chi connectivity index (χ1) is 8.36. The van der Waals surface area contributed by atoms with Crippen molar-refractivity contribution in [3.63, 3.8) is 0 Å². The molecule has 0 N–H and O–H groups in total. The number of hydrogen-bond acceptors (Lipinski definition) is 4. The fourth-order valence-corrected chi connectivity index (χ4v) is 2.69. The van der Waals surface area contributed by atoms with Crippen molar-refractivity contribution < 1.29 is 9.47 Å². The van der Waals surface area contributed by atoms with Crippen molar-refractivity contribution in [1.82, 2.24) is 4.98 Å². The topological polar surface area (TPSA) is 31.4 Å². The highest BCUT2D eigenvalue weighted by molar-refractivity contribution is 7.09. The number of nitrogens with zero attached hydrogens (tertiary/aromatic N) is 1. The van der Waals surface area contributed by atoms with Crippen LogP contribution < -0.4 is 9.47 Å². The van der Waals surface area contributed by atoms with Gasteiger partial charge in [0.25, 0.3) is 0 Å². The fraction of sp³-hybridized carbons (Fsp3) is 0.308. The minimum atomic E-state index is -0.0739. The number of ether oxygens (including phenoxy) is 2. The third kappa shape index (κ3) is 2.00. The summed E-state index contributed by atoms with van der Waals surface area (Å²) in [5.41, 5.74) is 1.12. The zero-order valence-corrected chi connectivity index (χ0v) is 10.4. The van der Waals surface area contributed by atoms with Crippen molar-refractivity contribution in [2.45, 2.75) is 19.4 Å². The predicted octanol–water partition coefficient (Wildman–Crippen LogP) is 3.22. The van der Waals surface area contributed by atoms with Gasteiger partial charge >= 0.3 is 0 Å². The summed E-state index contributed by atoms with van der Waals surface area (Å²) in [5.74, 6) is 1.62. The minimum Gasteiger partial charge on any atom is -0.485 e. The highest BCUT2D eigenvalue weighted by atomic mass is 32.1. The standard InChI is InChI=1S/C13H13NO2S/c1-2-9-8-17-13(14-9)12-7-15-10-5-3-4-6-11(10)16-12/h3-6,8,12H,2,7H2,1H3. The Kier molecular flexibility index (Phi) is 2.73. The summed E-state index contributed by atoms with van der Waals surface area (Å²) in [6.45, 7) is 2.64. The summed E-state index contributed by atoms with van der Waals surface area (Å²) in [5, 5.41) is 3.08. The zero-order valence-electron chi connectivity index (χ0n) is 9.55. The van der Waals surface area contributed by atoms with Crippen LogP contribution in [0.25, 0.3) is 0 Å². The number of para-hydroxylation sites is 2. The number of benzene rings is 1. The third-order valence-electron chi connectivity index (χ3n) is 2.72. The quantitative estimate of drug-likeness (QED) is 0.816. The van der Waals surface area contributed by atoms with Gasteiger partial charge in [-0.2, -0.15) is 0 Å². The van der Waals surface area contributed by atoms with Crippen LogP contribution in [0.4, 0.5) is 0 Å². The molecule has 3 nitrogen and oxygen atoms in total. The Balaban J connectivity index is 1.84. The number of fused-ring (bicyclic) bond motifs is 1. The molecule has 3 rings (SSSR count). The molecule has 1 aliphatic heterocycles. The highest BCUT2D eigenvalue weighted by Crippen LogP contribution is 2.36. The Hall–Kier alpha value is -1.55. The van der Waals surface area contributed by atoms with Crippen LogP contribution in [0.15, 0.2) is 29.6 Å². The molecule has 88 valence electrons. The number of aryl methyl sites for hydroxylation is 1. The molecule has 0 saturated carbocycles. The monoisotopic (exact) mass is 247 g/mol. The first kappa shape index (κ1) is 10.6. The second kappa shape index (κ2) is 4.37. The second-order valence-corrected chi connectivity index (χ2v) is 4.78. The minimum absolute atomic E-state index is 0.0739. The smallest absolute Gasteiger partial charge is 0.184 e. The average Bonchev–Trinajstić information content (AvgIpc) is 2.87. The third-order valence-corrected chi connectivity index (χ3v) is 3.70. The molecular weight excluding hydrogens is 234 g/mol. The number of hydrogen-bond donors (Lipinski definition) is 0. The zero-order chi connectivity index (χ0) is 11.7. The van der Waals surface area contributed by atoms with Gasteiger partial charge in [-0.3, -0.25) is 0 Å². The van der Waals surface area contributed by atoms with Gasteiger partial charge in [0, 0.05) is 5.38 Å². The molecule has 0 saturated heterocycles. The average molecular weight is 247 g/mol. The second-order valence-electron chi connectivity index (χ2n) is 3.89. The van der Waals surface area contributed by atoms with Gasteiger partial charge in [-0.15, -0.1) is 11.3 Å². The summed E-state index contributed by atoms with van der Waals surface area (Å²) < 4.78 is 11.6. The normalized spacial score (nSPS) is 18.1. The maximum Gasteiger partial charge on any atom is 0.184 e. The van der Waals surface area contributed by atoms with Crippen LogP contribution in [0.5, 0.6) is 11.5 Å². The van der Waals surface area contributed by atoms with Gasteiger partial charge in [0.05, 0.1) is 5.69 Å². The van der Waals surface area contributed by atoms with Crippen LogP contribution in [0.2, 0.25) is 0 Å². The molecule has 1 aliphatic rings. The lowest BCUT2D eigenvalue weighted by molar-refractivity contribution is 0.0910. The van der Waals surface area contributed by atoms with Crippen molar-refractivity contribution in [2.24, 2.45) is 0 Å². The molecule has 1 atom stereocenters. The molecule has 2 heterocycles. The van der Waals surface area contributed by atoms with Gasteiger partial charge < -0.3 is 9.47 Å². The van der Waals surface area contributed by atoms with E-state index in [1.165, 1.54) is 0 Å². The molecule has 1 unspecified atom stereocenters. The van der Waals surface area contributed by atoms with Gasteiger partial charge in [-0.25, -0.2) is 4.98 Å². The summed E-state index contributed by atoms with van der Waals surface area (Å²) in [7, 11) is 0. The van der Waals surface area contributed by atoms with Crippen molar-refractivity contribution in [1.29, 1.82) is 0 Å². The molecule has 0 radical (unpaired) electrons. The van der Waals surface area contributed by atoms with E-state index in [-0.39, 0.29) is 6.10 Å². The summed E-state index contributed by atoms with van der Waals surface area (Å²) in [4.78, 5) is 4.54. The predicted molar refractivity (Wildman–Crippen MR) is 66.8 cm³/mol. The van der Waals surface area contributed by atoms with Crippen molar-refractivity contribution in [2.75, 3.05) is 6.61 Å². The molecule has 4 heteroatoms. The Morgan fingerprint density at radius 2 is 2.18 bits per heavy atom. The summed E-state index contributed by atoms with van der Waals surface area (Å²) in [6.07, 6.45) is 0.885. The molecule has 0 fully saturated rings. The van der Waals surface area contributed by atoms with E-state index < -0.39 is 0 Å². The van der Waals surface area contributed by atoms with Crippen molar-refractivity contribution in [3.05, 3.63) is 40.3 Å². The van der Waals surface area contributed by atoms with E-state index in [0.717, 1.165) is 28.6 Å². The van der Waals surface area contributed by atoms with E-state index in [4.69, 9.17) is 9.47 Å². The van der Waals surface area contributed by atoms with E-state index in [9.17, 15) is 0 Å². The fourth-order valence-electron chi connectivity index (χ4n) is 1.77. The molecule has 0 bridgehead atoms. The van der Waals surface area contributed by atoms with Gasteiger partial charge in [0.15, 0.2) is 17.6 Å². The molecule has 17 heavy (non-hydrogen) atoms. The summed E-state index contributed by atoms with van der Waals surface area (Å²) in [6, 6.07) is 7.74. The van der Waals surface area contributed by atoms with E-state index in [1.54, 1.807) is 11.3 Å². The Morgan fingerprint density at radius 3 is 2.94 bits per heavy atom. The lowest BCUT2D eigenvalue weighted by atomic mass is 10.2. The maximum absolute atomic E-state index is 5.90. The molecule has 1 aromatic heterocycles. The number of thiazole rings is 1. The largest absolute Gasteiger partial charge is 0.485 e. The van der Waals surface area contributed by atoms with Crippen molar-refractivity contribution in [3.8, 4) is 11.5 Å². The Bertz CT molecular complexity index is 524. The van der Waals surface area contributed by atoms with Crippen LogP contribution in [-0.2, 0) is 6.42 Å². The van der Waals surface area contributed by atoms with Gasteiger partial charge in [-0.1, -0.05) is 19.1 Å². The van der Waals surface area contributed by atoms with E-state index in [2.05, 4.69) is 17.3 Å². The molecule has 0 aliphatic carbocycles. The van der Waals surface area contributed by atoms with Gasteiger partial charge in [0.1, 0.15) is 11.6 Å². The Morgan fingerprint density at radius 1 is 1.35 bits per heavy atom. The number of aromatic nitrogens is 1. The molecule has 0 spiro atoms. The molecule has 1 aromatic carbocycles. The van der Waals surface area contributed by atoms with E-state index >= 15 is 0 Å². The molecule has 2 aromatic rings. The van der Waals surface area contributed by atoms with E-state index in [1.807, 2.05) is 24.3 Å². The highest BCUT2D eigenvalue weighted by Gasteiger charge is 2.24. The van der Waals surface area contributed by atoms with Gasteiger partial charge in [0.2, 0.25) is 0 Å². The molecule has 0 amide bonds. The first-order valence-corrected chi connectivity index (χ1v) is 6.57. The maximum atomic E-state index is 5.90. The van der Waals surface area contributed by atoms with Crippen LogP contribution >= 0.6 is 11.3 Å².